The number of alkyl halides is 1. The highest BCUT2D eigenvalue weighted by atomic mass is 19.1. The molecule has 0 bridgehead atoms. The molecular formula is C20H22FN3O. The smallest absolute Gasteiger partial charge is 0.123 e. The summed E-state index contributed by atoms with van der Waals surface area (Å²) < 4.78 is 19.9. The number of hydrogen-bond acceptors (Lipinski definition) is 3. The zero-order valence-electron chi connectivity index (χ0n) is 14.1. The van der Waals surface area contributed by atoms with Crippen LogP contribution in [0.1, 0.15) is 20.3 Å². The molecule has 1 aromatic heterocycles. The maximum Gasteiger partial charge on any atom is 0.123 e. The number of nitrogens with two attached hydrogens (primary N) is 1. The molecule has 2 aromatic carbocycles. The Kier molecular flexibility index (Phi) is 4.90. The summed E-state index contributed by atoms with van der Waals surface area (Å²) >= 11 is 0. The van der Waals surface area contributed by atoms with E-state index < -0.39 is 6.67 Å². The van der Waals surface area contributed by atoms with Crippen LogP contribution in [0.15, 0.2) is 42.5 Å². The van der Waals surface area contributed by atoms with Crippen molar-refractivity contribution in [2.45, 2.75) is 19.9 Å². The van der Waals surface area contributed by atoms with Crippen LogP contribution in [0.25, 0.3) is 22.2 Å². The Morgan fingerprint density at radius 2 is 2.00 bits per heavy atom. The first-order chi connectivity index (χ1) is 12.2. The quantitative estimate of drug-likeness (QED) is 0.658. The molecule has 3 rings (SSSR count). The largest absolute Gasteiger partial charge is 0.491 e. The first-order valence-corrected chi connectivity index (χ1v) is 8.30. The second-order valence-electron chi connectivity index (χ2n) is 5.83. The lowest BCUT2D eigenvalue weighted by molar-refractivity contribution is 0.273. The molecule has 0 atom stereocenters. The monoisotopic (exact) mass is 339 g/mol. The highest BCUT2D eigenvalue weighted by Crippen LogP contribution is 2.35. The van der Waals surface area contributed by atoms with E-state index in [1.807, 2.05) is 36.4 Å². The molecule has 0 aliphatic rings. The number of anilines is 1. The lowest BCUT2D eigenvalue weighted by Crippen LogP contribution is -2.01. The van der Waals surface area contributed by atoms with Gasteiger partial charge in [0.1, 0.15) is 25.1 Å². The number of aromatic nitrogens is 1. The van der Waals surface area contributed by atoms with Gasteiger partial charge >= 0.3 is 0 Å². The molecule has 1 heterocycles. The molecule has 4 nitrogen and oxygen atoms in total. The molecule has 0 saturated carbocycles. The molecule has 0 spiro atoms. The summed E-state index contributed by atoms with van der Waals surface area (Å²) in [5.74, 6) is 0.605. The van der Waals surface area contributed by atoms with E-state index in [2.05, 4.69) is 17.6 Å². The number of benzene rings is 2. The third kappa shape index (κ3) is 3.16. The second-order valence-corrected chi connectivity index (χ2v) is 5.83. The summed E-state index contributed by atoms with van der Waals surface area (Å²) in [6, 6.07) is 15.4. The average Bonchev–Trinajstić information content (AvgIpc) is 2.94. The van der Waals surface area contributed by atoms with Crippen LogP contribution in [0, 0.1) is 11.3 Å². The first kappa shape index (κ1) is 16.8. The number of nitrogens with zero attached hydrogens (tertiary/aromatic N) is 2. The van der Waals surface area contributed by atoms with Gasteiger partial charge in [0.2, 0.25) is 0 Å². The van der Waals surface area contributed by atoms with Crippen LogP contribution in [-0.4, -0.2) is 17.8 Å². The molecule has 5 heteroatoms. The standard InChI is InChI=1S/C20H20FN3O.H2/c1-2-10-24-19-12-16(25-11-9-21)7-8-17(19)18(13-22)20(24)14-3-5-15(23)6-4-14;/h3-8,12H,2,9-11,23H2,1H3;1H. The predicted molar refractivity (Wildman–Crippen MR) is 100 cm³/mol. The summed E-state index contributed by atoms with van der Waals surface area (Å²) in [4.78, 5) is 0. The summed E-state index contributed by atoms with van der Waals surface area (Å²) in [6.45, 7) is 2.35. The Bertz CT molecular complexity index is 929. The number of rotatable bonds is 6. The van der Waals surface area contributed by atoms with Crippen LogP contribution >= 0.6 is 0 Å². The van der Waals surface area contributed by atoms with Gasteiger partial charge in [-0.05, 0) is 36.2 Å². The van der Waals surface area contributed by atoms with E-state index in [4.69, 9.17) is 10.5 Å². The minimum atomic E-state index is -0.534. The lowest BCUT2D eigenvalue weighted by atomic mass is 10.1. The number of nitrogen functional groups attached to an aromatic ring is 1. The highest BCUT2D eigenvalue weighted by Gasteiger charge is 2.18. The van der Waals surface area contributed by atoms with Crippen LogP contribution in [0.4, 0.5) is 10.1 Å². The van der Waals surface area contributed by atoms with Crippen molar-refractivity contribution in [3.05, 3.63) is 48.0 Å². The summed E-state index contributed by atoms with van der Waals surface area (Å²) in [7, 11) is 0. The number of hydrogen-bond donors (Lipinski definition) is 1. The summed E-state index contributed by atoms with van der Waals surface area (Å²) in [5.41, 5.74) is 9.85. The van der Waals surface area contributed by atoms with Crippen LogP contribution in [0.5, 0.6) is 5.75 Å². The average molecular weight is 339 g/mol. The maximum absolute atomic E-state index is 12.4. The predicted octanol–water partition coefficient (Wildman–Crippen LogP) is 4.77. The summed E-state index contributed by atoms with van der Waals surface area (Å²) in [5, 5.41) is 10.6. The zero-order valence-corrected chi connectivity index (χ0v) is 14.1. The maximum atomic E-state index is 12.4. The van der Waals surface area contributed by atoms with Gasteiger partial charge in [-0.25, -0.2) is 4.39 Å². The summed E-state index contributed by atoms with van der Waals surface area (Å²) in [6.07, 6.45) is 0.923. The SMILES string of the molecule is CCCn1c(-c2ccc(N)cc2)c(C#N)c2ccc(OCCF)cc21.[HH]. The van der Waals surface area contributed by atoms with E-state index in [9.17, 15) is 9.65 Å². The molecular weight excluding hydrogens is 317 g/mol. The number of fused-ring (bicyclic) bond motifs is 1. The zero-order chi connectivity index (χ0) is 17.8. The molecule has 0 saturated heterocycles. The van der Waals surface area contributed by atoms with E-state index in [0.717, 1.165) is 35.1 Å². The van der Waals surface area contributed by atoms with Gasteiger partial charge in [0.25, 0.3) is 0 Å². The van der Waals surface area contributed by atoms with E-state index in [0.29, 0.717) is 17.0 Å². The van der Waals surface area contributed by atoms with Crippen molar-refractivity contribution in [1.29, 1.82) is 5.26 Å². The van der Waals surface area contributed by atoms with Crippen molar-refractivity contribution in [1.82, 2.24) is 4.57 Å². The molecule has 0 fully saturated rings. The fourth-order valence-electron chi connectivity index (χ4n) is 3.09. The van der Waals surface area contributed by atoms with Crippen molar-refractivity contribution in [2.24, 2.45) is 0 Å². The van der Waals surface area contributed by atoms with Crippen molar-refractivity contribution in [3.8, 4) is 23.1 Å². The van der Waals surface area contributed by atoms with Gasteiger partial charge in [-0.15, -0.1) is 0 Å². The Morgan fingerprint density at radius 3 is 2.64 bits per heavy atom. The van der Waals surface area contributed by atoms with Gasteiger partial charge in [0.15, 0.2) is 0 Å². The van der Waals surface area contributed by atoms with Gasteiger partial charge in [-0.1, -0.05) is 19.1 Å². The fraction of sp³-hybridized carbons (Fsp3) is 0.250. The van der Waals surface area contributed by atoms with Crippen molar-refractivity contribution >= 4 is 16.6 Å². The van der Waals surface area contributed by atoms with E-state index >= 15 is 0 Å². The third-order valence-corrected chi connectivity index (χ3v) is 4.13. The molecule has 0 unspecified atom stereocenters. The fourth-order valence-corrected chi connectivity index (χ4v) is 3.09. The molecule has 25 heavy (non-hydrogen) atoms. The number of aryl methyl sites for hydroxylation is 1. The third-order valence-electron chi connectivity index (χ3n) is 4.13. The molecule has 0 aliphatic heterocycles. The minimum Gasteiger partial charge on any atom is -0.491 e. The van der Waals surface area contributed by atoms with Crippen molar-refractivity contribution < 1.29 is 10.6 Å². The highest BCUT2D eigenvalue weighted by molar-refractivity contribution is 5.95. The Balaban J connectivity index is 0.00000243. The minimum absolute atomic E-state index is 0. The van der Waals surface area contributed by atoms with Crippen LogP contribution in [-0.2, 0) is 6.54 Å². The Hall–Kier alpha value is -3.00. The Labute approximate surface area is 147 Å². The molecule has 2 N–H and O–H groups in total. The van der Waals surface area contributed by atoms with Gasteiger partial charge in [0.05, 0.1) is 16.8 Å². The van der Waals surface area contributed by atoms with E-state index in [1.165, 1.54) is 0 Å². The van der Waals surface area contributed by atoms with E-state index in [1.54, 1.807) is 6.07 Å². The molecule has 3 aromatic rings. The number of nitriles is 1. The van der Waals surface area contributed by atoms with Gasteiger partial charge in [-0.2, -0.15) is 5.26 Å². The number of ether oxygens (including phenoxy) is 1. The normalized spacial score (nSPS) is 10.8. The molecule has 0 aliphatic carbocycles. The first-order valence-electron chi connectivity index (χ1n) is 8.30. The second kappa shape index (κ2) is 7.27. The van der Waals surface area contributed by atoms with Crippen molar-refractivity contribution in [2.75, 3.05) is 19.0 Å². The number of halogens is 1. The topological polar surface area (TPSA) is 64.0 Å². The lowest BCUT2D eigenvalue weighted by Gasteiger charge is -2.11. The molecule has 130 valence electrons. The van der Waals surface area contributed by atoms with Crippen LogP contribution in [0.2, 0.25) is 0 Å². The van der Waals surface area contributed by atoms with Crippen molar-refractivity contribution in [3.63, 3.8) is 0 Å². The van der Waals surface area contributed by atoms with Gasteiger partial charge < -0.3 is 15.0 Å². The van der Waals surface area contributed by atoms with Crippen LogP contribution < -0.4 is 10.5 Å². The van der Waals surface area contributed by atoms with Crippen LogP contribution in [0.3, 0.4) is 0 Å². The van der Waals surface area contributed by atoms with E-state index in [-0.39, 0.29) is 8.03 Å². The molecule has 0 radical (unpaired) electrons. The Morgan fingerprint density at radius 1 is 1.24 bits per heavy atom. The van der Waals surface area contributed by atoms with Gasteiger partial charge in [0, 0.05) is 25.1 Å². The molecule has 0 amide bonds. The van der Waals surface area contributed by atoms with Gasteiger partial charge in [-0.3, -0.25) is 0 Å².